The minimum absolute atomic E-state index is 0.00394. The van der Waals surface area contributed by atoms with Gasteiger partial charge in [0, 0.05) is 18.3 Å². The number of allylic oxidation sites excluding steroid dienone is 2. The van der Waals surface area contributed by atoms with Crippen LogP contribution in [0.5, 0.6) is 0 Å². The molecule has 0 radical (unpaired) electrons. The molecular formula is C20H30O3. The van der Waals surface area contributed by atoms with Gasteiger partial charge >= 0.3 is 5.97 Å². The standard InChI is InChI=1S/C20H30O3/c1-12(2)6-5-7-13(3)15-11-16(21)19-14-10-18(22)23-17(14)8-9-20(15,19)4/h6,13-15,17,19H,5,7-11H2,1-4H3/t13-,14-,15+,17-,19-,20+/m0/s1. The quantitative estimate of drug-likeness (QED) is 0.573. The molecule has 3 fully saturated rings. The first-order chi connectivity index (χ1) is 10.8. The van der Waals surface area contributed by atoms with E-state index in [0.717, 1.165) is 25.7 Å². The maximum Gasteiger partial charge on any atom is 0.306 e. The second-order valence-corrected chi connectivity index (χ2v) is 8.53. The topological polar surface area (TPSA) is 43.4 Å². The highest BCUT2D eigenvalue weighted by atomic mass is 16.5. The maximum atomic E-state index is 12.8. The summed E-state index contributed by atoms with van der Waals surface area (Å²) >= 11 is 0. The summed E-state index contributed by atoms with van der Waals surface area (Å²) in [6, 6.07) is 0. The van der Waals surface area contributed by atoms with Gasteiger partial charge in [-0.05, 0) is 56.8 Å². The third kappa shape index (κ3) is 2.88. The van der Waals surface area contributed by atoms with Gasteiger partial charge in [0.2, 0.25) is 0 Å². The number of carbonyl (C=O) groups excluding carboxylic acids is 2. The molecular weight excluding hydrogens is 288 g/mol. The van der Waals surface area contributed by atoms with Crippen LogP contribution in [-0.2, 0) is 14.3 Å². The van der Waals surface area contributed by atoms with Crippen molar-refractivity contribution in [2.45, 2.75) is 72.3 Å². The molecule has 2 aliphatic carbocycles. The molecule has 1 aliphatic heterocycles. The van der Waals surface area contributed by atoms with Crippen molar-refractivity contribution < 1.29 is 14.3 Å². The van der Waals surface area contributed by atoms with E-state index in [4.69, 9.17) is 4.74 Å². The lowest BCUT2D eigenvalue weighted by Gasteiger charge is -2.45. The van der Waals surface area contributed by atoms with Gasteiger partial charge in [0.1, 0.15) is 11.9 Å². The number of esters is 1. The van der Waals surface area contributed by atoms with Gasteiger partial charge < -0.3 is 4.74 Å². The van der Waals surface area contributed by atoms with E-state index < -0.39 is 0 Å². The minimum atomic E-state index is -0.0999. The lowest BCUT2D eigenvalue weighted by Crippen LogP contribution is -2.44. The van der Waals surface area contributed by atoms with E-state index in [1.54, 1.807) is 0 Å². The van der Waals surface area contributed by atoms with Gasteiger partial charge in [-0.15, -0.1) is 0 Å². The normalized spacial score (nSPS) is 40.3. The van der Waals surface area contributed by atoms with Crippen LogP contribution in [0.2, 0.25) is 0 Å². The summed E-state index contributed by atoms with van der Waals surface area (Å²) in [6.45, 7) is 8.90. The molecule has 0 bridgehead atoms. The average Bonchev–Trinajstić information content (AvgIpc) is 2.95. The zero-order chi connectivity index (χ0) is 16.8. The second-order valence-electron chi connectivity index (χ2n) is 8.53. The Labute approximate surface area is 139 Å². The maximum absolute atomic E-state index is 12.8. The van der Waals surface area contributed by atoms with Crippen LogP contribution in [0.1, 0.15) is 66.2 Å². The number of ether oxygens (including phenoxy) is 1. The predicted molar refractivity (Wildman–Crippen MR) is 89.8 cm³/mol. The summed E-state index contributed by atoms with van der Waals surface area (Å²) in [7, 11) is 0. The molecule has 3 rings (SSSR count). The van der Waals surface area contributed by atoms with Crippen molar-refractivity contribution in [3.8, 4) is 0 Å². The van der Waals surface area contributed by atoms with Crippen LogP contribution in [0, 0.1) is 29.1 Å². The van der Waals surface area contributed by atoms with Crippen molar-refractivity contribution in [3.63, 3.8) is 0 Å². The molecule has 0 amide bonds. The van der Waals surface area contributed by atoms with Crippen molar-refractivity contribution in [2.24, 2.45) is 29.1 Å². The Balaban J connectivity index is 1.76. The van der Waals surface area contributed by atoms with E-state index in [0.29, 0.717) is 30.5 Å². The first kappa shape index (κ1) is 16.7. The lowest BCUT2D eigenvalue weighted by atomic mass is 9.58. The molecule has 1 heterocycles. The Morgan fingerprint density at radius 3 is 2.78 bits per heavy atom. The molecule has 2 saturated carbocycles. The molecule has 0 aromatic carbocycles. The molecule has 1 saturated heterocycles. The number of fused-ring (bicyclic) bond motifs is 3. The summed E-state index contributed by atoms with van der Waals surface area (Å²) in [5.74, 6) is 1.49. The minimum Gasteiger partial charge on any atom is -0.462 e. The molecule has 128 valence electrons. The second kappa shape index (κ2) is 6.07. The molecule has 3 nitrogen and oxygen atoms in total. The SMILES string of the molecule is CC(C)=CCC[C@H](C)[C@H]1CC(=O)[C@@H]2[C@H]3CC(=O)O[C@H]3CC[C@]12C. The Bertz CT molecular complexity index is 531. The Morgan fingerprint density at radius 2 is 2.09 bits per heavy atom. The zero-order valence-electron chi connectivity index (χ0n) is 14.9. The number of hydrogen-bond acceptors (Lipinski definition) is 3. The fourth-order valence-corrected chi connectivity index (χ4v) is 5.62. The van der Waals surface area contributed by atoms with Crippen molar-refractivity contribution in [2.75, 3.05) is 0 Å². The Morgan fingerprint density at radius 1 is 1.35 bits per heavy atom. The van der Waals surface area contributed by atoms with Gasteiger partial charge in [-0.1, -0.05) is 25.5 Å². The highest BCUT2D eigenvalue weighted by Gasteiger charge is 2.61. The van der Waals surface area contributed by atoms with E-state index in [1.807, 2.05) is 0 Å². The van der Waals surface area contributed by atoms with Crippen LogP contribution in [0.3, 0.4) is 0 Å². The predicted octanol–water partition coefficient (Wildman–Crippen LogP) is 4.31. The van der Waals surface area contributed by atoms with Gasteiger partial charge in [-0.3, -0.25) is 9.59 Å². The van der Waals surface area contributed by atoms with E-state index in [1.165, 1.54) is 5.57 Å². The fourth-order valence-electron chi connectivity index (χ4n) is 5.62. The van der Waals surface area contributed by atoms with Crippen LogP contribution in [0.15, 0.2) is 11.6 Å². The smallest absolute Gasteiger partial charge is 0.306 e. The van der Waals surface area contributed by atoms with Crippen LogP contribution in [0.4, 0.5) is 0 Å². The van der Waals surface area contributed by atoms with Crippen LogP contribution in [0.25, 0.3) is 0 Å². The van der Waals surface area contributed by atoms with Gasteiger partial charge in [-0.25, -0.2) is 0 Å². The monoisotopic (exact) mass is 318 g/mol. The zero-order valence-corrected chi connectivity index (χ0v) is 14.9. The molecule has 23 heavy (non-hydrogen) atoms. The number of Topliss-reactive ketones (excluding diaryl/α,β-unsaturated/α-hetero) is 1. The molecule has 0 spiro atoms. The lowest BCUT2D eigenvalue weighted by molar-refractivity contribution is -0.144. The molecule has 0 aromatic heterocycles. The molecule has 0 unspecified atom stereocenters. The van der Waals surface area contributed by atoms with Gasteiger partial charge in [0.15, 0.2) is 0 Å². The largest absolute Gasteiger partial charge is 0.462 e. The Hall–Kier alpha value is -1.12. The van der Waals surface area contributed by atoms with Crippen LogP contribution >= 0.6 is 0 Å². The molecule has 3 heteroatoms. The van der Waals surface area contributed by atoms with Crippen molar-refractivity contribution in [1.29, 1.82) is 0 Å². The summed E-state index contributed by atoms with van der Waals surface area (Å²) in [4.78, 5) is 24.5. The Kier molecular flexibility index (Phi) is 4.41. The van der Waals surface area contributed by atoms with Gasteiger partial charge in [0.25, 0.3) is 0 Å². The fraction of sp³-hybridized carbons (Fsp3) is 0.800. The number of hydrogen-bond donors (Lipinski definition) is 0. The van der Waals surface area contributed by atoms with E-state index in [-0.39, 0.29) is 29.3 Å². The first-order valence-electron chi connectivity index (χ1n) is 9.18. The third-order valence-electron chi connectivity index (χ3n) is 6.75. The van der Waals surface area contributed by atoms with Crippen LogP contribution in [-0.4, -0.2) is 17.9 Å². The first-order valence-corrected chi connectivity index (χ1v) is 9.18. The molecule has 6 atom stereocenters. The number of rotatable bonds is 4. The average molecular weight is 318 g/mol. The molecule has 0 aromatic rings. The summed E-state index contributed by atoms with van der Waals surface area (Å²) in [5.41, 5.74) is 1.43. The van der Waals surface area contributed by atoms with Crippen molar-refractivity contribution >= 4 is 11.8 Å². The van der Waals surface area contributed by atoms with Gasteiger partial charge in [0.05, 0.1) is 6.42 Å². The van der Waals surface area contributed by atoms with Crippen molar-refractivity contribution in [1.82, 2.24) is 0 Å². The van der Waals surface area contributed by atoms with E-state index >= 15 is 0 Å². The third-order valence-corrected chi connectivity index (χ3v) is 6.75. The number of ketones is 1. The highest BCUT2D eigenvalue weighted by Crippen LogP contribution is 2.60. The number of carbonyl (C=O) groups is 2. The summed E-state index contributed by atoms with van der Waals surface area (Å²) < 4.78 is 5.45. The van der Waals surface area contributed by atoms with Crippen molar-refractivity contribution in [3.05, 3.63) is 11.6 Å². The highest BCUT2D eigenvalue weighted by molar-refractivity contribution is 5.86. The van der Waals surface area contributed by atoms with E-state index in [2.05, 4.69) is 33.8 Å². The summed E-state index contributed by atoms with van der Waals surface area (Å²) in [5, 5.41) is 0. The van der Waals surface area contributed by atoms with Crippen LogP contribution < -0.4 is 0 Å². The van der Waals surface area contributed by atoms with E-state index in [9.17, 15) is 9.59 Å². The summed E-state index contributed by atoms with van der Waals surface area (Å²) in [6.07, 6.45) is 7.67. The molecule has 0 N–H and O–H groups in total. The van der Waals surface area contributed by atoms with Gasteiger partial charge in [-0.2, -0.15) is 0 Å². The molecule has 3 aliphatic rings.